The molecular weight excluding hydrogens is 354 g/mol. The van der Waals surface area contributed by atoms with Crippen molar-refractivity contribution in [1.29, 1.82) is 5.41 Å². The van der Waals surface area contributed by atoms with Crippen molar-refractivity contribution in [3.05, 3.63) is 35.4 Å². The largest absolute Gasteiger partial charge is 0.444 e. The smallest absolute Gasteiger partial charge is 0.408 e. The van der Waals surface area contributed by atoms with Gasteiger partial charge in [0.1, 0.15) is 12.1 Å². The van der Waals surface area contributed by atoms with E-state index in [2.05, 4.69) is 10.2 Å². The number of benzene rings is 1. The first kappa shape index (κ1) is 23.9. The highest BCUT2D eigenvalue weighted by Crippen LogP contribution is 2.09. The minimum absolute atomic E-state index is 0.154. The van der Waals surface area contributed by atoms with Gasteiger partial charge in [0.2, 0.25) is 0 Å². The number of alkyl carbamates (subject to hydrolysis) is 1. The number of rotatable bonds is 4. The fourth-order valence-corrected chi connectivity index (χ4v) is 1.87. The average Bonchev–Trinajstić information content (AvgIpc) is 2.58. The summed E-state index contributed by atoms with van der Waals surface area (Å²) in [7, 11) is 2.82. The van der Waals surface area contributed by atoms with Gasteiger partial charge in [-0.1, -0.05) is 29.8 Å². The van der Waals surface area contributed by atoms with Crippen LogP contribution in [0.15, 0.2) is 24.3 Å². The van der Waals surface area contributed by atoms with Gasteiger partial charge in [-0.15, -0.1) is 11.8 Å². The van der Waals surface area contributed by atoms with Crippen LogP contribution in [0.5, 0.6) is 0 Å². The first-order chi connectivity index (χ1) is 12.0. The summed E-state index contributed by atoms with van der Waals surface area (Å²) >= 11 is 1.47. The van der Waals surface area contributed by atoms with Crippen LogP contribution in [0.25, 0.3) is 0 Å². The molecule has 0 bridgehead atoms. The third-order valence-corrected chi connectivity index (χ3v) is 3.57. The summed E-state index contributed by atoms with van der Waals surface area (Å²) in [4.78, 5) is 26.9. The van der Waals surface area contributed by atoms with Crippen molar-refractivity contribution < 1.29 is 19.2 Å². The van der Waals surface area contributed by atoms with Crippen molar-refractivity contribution in [3.8, 4) is 0 Å². The lowest BCUT2D eigenvalue weighted by atomic mass is 10.2. The topological polar surface area (TPSA) is 91.7 Å². The van der Waals surface area contributed by atoms with Gasteiger partial charge in [0.15, 0.2) is 0 Å². The Balaban J connectivity index is 0.000000502. The van der Waals surface area contributed by atoms with E-state index in [1.807, 2.05) is 37.4 Å². The molecule has 26 heavy (non-hydrogen) atoms. The van der Waals surface area contributed by atoms with Crippen LogP contribution in [0, 0.1) is 12.3 Å². The van der Waals surface area contributed by atoms with Gasteiger partial charge >= 0.3 is 6.09 Å². The van der Waals surface area contributed by atoms with E-state index >= 15 is 0 Å². The zero-order valence-electron chi connectivity index (χ0n) is 16.5. The van der Waals surface area contributed by atoms with Crippen LogP contribution < -0.4 is 5.32 Å². The van der Waals surface area contributed by atoms with Crippen LogP contribution in [-0.4, -0.2) is 54.7 Å². The molecule has 1 rings (SSSR count). The van der Waals surface area contributed by atoms with Crippen LogP contribution in [0.2, 0.25) is 0 Å². The van der Waals surface area contributed by atoms with E-state index in [9.17, 15) is 9.59 Å². The molecule has 0 aromatic heterocycles. The molecule has 0 heterocycles. The predicted molar refractivity (Wildman–Crippen MR) is 106 cm³/mol. The second-order valence-electron chi connectivity index (χ2n) is 6.33. The monoisotopic (exact) mass is 383 g/mol. The van der Waals surface area contributed by atoms with E-state index < -0.39 is 11.7 Å². The molecule has 0 aliphatic heterocycles. The van der Waals surface area contributed by atoms with Crippen LogP contribution in [0.1, 0.15) is 31.9 Å². The molecule has 146 valence electrons. The normalized spacial score (nSPS) is 10.3. The summed E-state index contributed by atoms with van der Waals surface area (Å²) in [5.41, 5.74) is 1.67. The molecule has 1 aromatic carbocycles. The van der Waals surface area contributed by atoms with Gasteiger partial charge in [-0.2, -0.15) is 0 Å². The Kier molecular flexibility index (Phi) is 10.6. The molecule has 0 aliphatic carbocycles. The highest BCUT2D eigenvalue weighted by molar-refractivity contribution is 8.13. The molecule has 0 fully saturated rings. The number of ether oxygens (including phenoxy) is 1. The summed E-state index contributed by atoms with van der Waals surface area (Å²) in [6, 6.07) is 8.02. The van der Waals surface area contributed by atoms with E-state index in [-0.39, 0.29) is 12.5 Å². The van der Waals surface area contributed by atoms with Crippen molar-refractivity contribution in [2.45, 2.75) is 33.3 Å². The molecule has 0 atom stereocenters. The molecule has 0 aliphatic rings. The van der Waals surface area contributed by atoms with Crippen molar-refractivity contribution in [2.24, 2.45) is 0 Å². The number of amides is 2. The molecule has 8 heteroatoms. The molecule has 0 saturated heterocycles. The minimum Gasteiger partial charge on any atom is -0.444 e. The number of hydroxylamine groups is 2. The Bertz CT molecular complexity index is 597. The lowest BCUT2D eigenvalue weighted by molar-refractivity contribution is -0.167. The molecule has 2 N–H and O–H groups in total. The first-order valence-electron chi connectivity index (χ1n) is 7.97. The van der Waals surface area contributed by atoms with Gasteiger partial charge in [0.05, 0.1) is 12.2 Å². The van der Waals surface area contributed by atoms with Crippen LogP contribution >= 0.6 is 11.8 Å². The SMILES string of the molecule is CON(C)C(=O)CNC(=O)OC(C)(C)C.CSC(=N)c1ccc(C)cc1. The summed E-state index contributed by atoms with van der Waals surface area (Å²) < 4.78 is 4.94. The molecule has 2 amide bonds. The third-order valence-electron chi connectivity index (χ3n) is 2.93. The van der Waals surface area contributed by atoms with Crippen molar-refractivity contribution >= 4 is 28.8 Å². The van der Waals surface area contributed by atoms with Crippen molar-refractivity contribution in [2.75, 3.05) is 27.0 Å². The summed E-state index contributed by atoms with van der Waals surface area (Å²) in [6.07, 6.45) is 1.29. The number of nitrogens with one attached hydrogen (secondary N) is 2. The molecule has 0 spiro atoms. The first-order valence-corrected chi connectivity index (χ1v) is 9.19. The van der Waals surface area contributed by atoms with Gasteiger partial charge in [0, 0.05) is 12.6 Å². The van der Waals surface area contributed by atoms with Crippen molar-refractivity contribution in [1.82, 2.24) is 10.4 Å². The quantitative estimate of drug-likeness (QED) is 0.473. The number of hydrogen-bond donors (Lipinski definition) is 2. The van der Waals surface area contributed by atoms with Gasteiger partial charge in [-0.3, -0.25) is 15.0 Å². The molecule has 0 unspecified atom stereocenters. The maximum atomic E-state index is 11.2. The minimum atomic E-state index is -0.625. The number of aryl methyl sites for hydroxylation is 1. The number of likely N-dealkylation sites (N-methyl/N-ethyl adjacent to an activating group) is 1. The molecular formula is C18H29N3O4S. The predicted octanol–water partition coefficient (Wildman–Crippen LogP) is 3.21. The zero-order chi connectivity index (χ0) is 20.3. The van der Waals surface area contributed by atoms with Crippen LogP contribution in [0.4, 0.5) is 4.79 Å². The van der Waals surface area contributed by atoms with E-state index in [1.54, 1.807) is 20.8 Å². The van der Waals surface area contributed by atoms with Crippen molar-refractivity contribution in [3.63, 3.8) is 0 Å². The lowest BCUT2D eigenvalue weighted by Crippen LogP contribution is -2.40. The van der Waals surface area contributed by atoms with E-state index in [0.717, 1.165) is 10.6 Å². The summed E-state index contributed by atoms with van der Waals surface area (Å²) in [5, 5.41) is 11.5. The van der Waals surface area contributed by atoms with Gasteiger partial charge < -0.3 is 10.1 Å². The summed E-state index contributed by atoms with van der Waals surface area (Å²) in [5.74, 6) is -0.358. The average molecular weight is 384 g/mol. The lowest BCUT2D eigenvalue weighted by Gasteiger charge is -2.20. The molecule has 7 nitrogen and oxygen atoms in total. The van der Waals surface area contributed by atoms with Crippen LogP contribution in [-0.2, 0) is 14.4 Å². The fraction of sp³-hybridized carbons (Fsp3) is 0.500. The molecule has 0 radical (unpaired) electrons. The van der Waals surface area contributed by atoms with E-state index in [4.69, 9.17) is 10.1 Å². The standard InChI is InChI=1S/C9H18N2O4.C9H11NS/c1-9(2,3)15-8(13)10-6-7(12)11(4)14-5;1-7-3-5-8(6-4-7)9(10)11-2/h6H2,1-5H3,(H,10,13);3-6,10H,1-2H3. The number of thioether (sulfide) groups is 1. The Morgan fingerprint density at radius 3 is 2.19 bits per heavy atom. The highest BCUT2D eigenvalue weighted by Gasteiger charge is 2.17. The third kappa shape index (κ3) is 10.7. The maximum Gasteiger partial charge on any atom is 0.408 e. The van der Waals surface area contributed by atoms with Crippen LogP contribution in [0.3, 0.4) is 0 Å². The number of nitrogens with zero attached hydrogens (tertiary/aromatic N) is 1. The fourth-order valence-electron chi connectivity index (χ4n) is 1.50. The molecule has 1 aromatic rings. The second kappa shape index (κ2) is 11.5. The maximum absolute atomic E-state index is 11.2. The Labute approximate surface area is 159 Å². The van der Waals surface area contributed by atoms with Gasteiger partial charge in [-0.25, -0.2) is 9.86 Å². The Morgan fingerprint density at radius 2 is 1.77 bits per heavy atom. The zero-order valence-corrected chi connectivity index (χ0v) is 17.3. The number of hydrogen-bond acceptors (Lipinski definition) is 6. The Hall–Kier alpha value is -2.06. The molecule has 0 saturated carbocycles. The number of carbonyl (C=O) groups is 2. The number of carbonyl (C=O) groups excluding carboxylic acids is 2. The van der Waals surface area contributed by atoms with E-state index in [1.165, 1.54) is 31.5 Å². The van der Waals surface area contributed by atoms with Gasteiger partial charge in [-0.05, 0) is 34.0 Å². The second-order valence-corrected chi connectivity index (χ2v) is 7.14. The summed E-state index contributed by atoms with van der Waals surface area (Å²) in [6.45, 7) is 7.13. The highest BCUT2D eigenvalue weighted by atomic mass is 32.2. The Morgan fingerprint density at radius 1 is 1.23 bits per heavy atom. The van der Waals surface area contributed by atoms with E-state index in [0.29, 0.717) is 5.04 Å². The van der Waals surface area contributed by atoms with Gasteiger partial charge in [0.25, 0.3) is 5.91 Å².